The van der Waals surface area contributed by atoms with Gasteiger partial charge in [-0.1, -0.05) is 18.2 Å². The highest BCUT2D eigenvalue weighted by Gasteiger charge is 2.03. The fraction of sp³-hybridized carbons (Fsp3) is 0. The van der Waals surface area contributed by atoms with Crippen molar-refractivity contribution < 1.29 is 9.85 Å². The number of nitrogens with one attached hydrogen (secondary N) is 1. The molecule has 90 valence electrons. The minimum atomic E-state index is -0.719. The lowest BCUT2D eigenvalue weighted by Gasteiger charge is -1.86. The van der Waals surface area contributed by atoms with Gasteiger partial charge in [0.15, 0.2) is 0 Å². The Hall–Kier alpha value is -2.77. The van der Waals surface area contributed by atoms with Crippen LogP contribution in [-0.4, -0.2) is 16.1 Å². The van der Waals surface area contributed by atoms with E-state index >= 15 is 0 Å². The van der Waals surface area contributed by atoms with Crippen LogP contribution in [0.4, 0.5) is 0 Å². The zero-order valence-corrected chi connectivity index (χ0v) is 8.65. The lowest BCUT2D eigenvalue weighted by molar-refractivity contribution is -0.419. The van der Waals surface area contributed by atoms with Crippen LogP contribution in [0.2, 0.25) is 0 Å². The number of nitrogens with zero attached hydrogens (tertiary/aromatic N) is 2. The van der Waals surface area contributed by atoms with E-state index in [4.69, 9.17) is 11.1 Å². The average molecular weight is 238 g/mol. The fourth-order valence-corrected chi connectivity index (χ4v) is 0.711. The van der Waals surface area contributed by atoms with Gasteiger partial charge in [-0.3, -0.25) is 20.2 Å². The number of nitrogens with two attached hydrogens (primary N) is 1. The molecule has 0 heterocycles. The van der Waals surface area contributed by atoms with Gasteiger partial charge in [0.1, 0.15) is 0 Å². The first-order valence-corrected chi connectivity index (χ1v) is 4.29. The van der Waals surface area contributed by atoms with E-state index in [1.807, 2.05) is 0 Å². The first-order chi connectivity index (χ1) is 8.02. The Balaban J connectivity index is 4.58. The van der Waals surface area contributed by atoms with E-state index in [1.165, 1.54) is 18.2 Å². The zero-order valence-electron chi connectivity index (χ0n) is 8.65. The maximum absolute atomic E-state index is 10.3. The van der Waals surface area contributed by atoms with Gasteiger partial charge in [-0.25, -0.2) is 0 Å². The second kappa shape index (κ2) is 7.51. The molecule has 0 bridgehead atoms. The van der Waals surface area contributed by atoms with E-state index in [9.17, 15) is 20.2 Å². The van der Waals surface area contributed by atoms with Gasteiger partial charge in [-0.2, -0.15) is 0 Å². The molecule has 17 heavy (non-hydrogen) atoms. The Bertz CT molecular complexity index is 434. The van der Waals surface area contributed by atoms with E-state index < -0.39 is 15.5 Å². The van der Waals surface area contributed by atoms with Gasteiger partial charge in [-0.05, 0) is 0 Å². The minimum absolute atomic E-state index is 0.291. The number of allylic oxidation sites excluding steroid dienone is 6. The predicted octanol–water partition coefficient (Wildman–Crippen LogP) is 0.986. The van der Waals surface area contributed by atoms with Crippen molar-refractivity contribution in [2.45, 2.75) is 0 Å². The first kappa shape index (κ1) is 14.2. The largest absolute Gasteiger partial charge is 0.399 e. The van der Waals surface area contributed by atoms with Crippen molar-refractivity contribution in [2.24, 2.45) is 5.73 Å². The van der Waals surface area contributed by atoms with E-state index in [0.717, 1.165) is 18.4 Å². The quantitative estimate of drug-likeness (QED) is 0.307. The monoisotopic (exact) mass is 238 g/mol. The molecule has 0 radical (unpaired) electrons. The Kier molecular flexibility index (Phi) is 6.29. The van der Waals surface area contributed by atoms with Crippen LogP contribution < -0.4 is 5.73 Å². The third-order valence-corrected chi connectivity index (χ3v) is 1.50. The van der Waals surface area contributed by atoms with E-state index in [-0.39, 0.29) is 5.70 Å². The topological polar surface area (TPSA) is 136 Å². The van der Waals surface area contributed by atoms with E-state index in [1.54, 1.807) is 0 Å². The molecule has 0 spiro atoms. The van der Waals surface area contributed by atoms with Crippen LogP contribution in [0, 0.1) is 25.6 Å². The van der Waals surface area contributed by atoms with Gasteiger partial charge in [0.25, 0.3) is 11.4 Å². The summed E-state index contributed by atoms with van der Waals surface area (Å²) in [6, 6.07) is 0. The molecule has 0 aliphatic carbocycles. The molecule has 0 saturated heterocycles. The molecule has 8 nitrogen and oxygen atoms in total. The van der Waals surface area contributed by atoms with Crippen molar-refractivity contribution in [3.05, 3.63) is 68.2 Å². The van der Waals surface area contributed by atoms with Gasteiger partial charge in [0, 0.05) is 12.2 Å². The first-order valence-electron chi connectivity index (χ1n) is 4.29. The van der Waals surface area contributed by atoms with Crippen LogP contribution in [-0.2, 0) is 0 Å². The fourth-order valence-electron chi connectivity index (χ4n) is 0.711. The zero-order chi connectivity index (χ0) is 13.3. The van der Waals surface area contributed by atoms with Crippen molar-refractivity contribution in [3.8, 4) is 0 Å². The molecule has 0 aromatic rings. The van der Waals surface area contributed by atoms with Crippen LogP contribution in [0.1, 0.15) is 0 Å². The molecule has 0 aliphatic rings. The summed E-state index contributed by atoms with van der Waals surface area (Å²) in [5, 5.41) is 27.3. The number of hydrogen-bond acceptors (Lipinski definition) is 6. The van der Waals surface area contributed by atoms with Gasteiger partial charge in [0.2, 0.25) is 0 Å². The van der Waals surface area contributed by atoms with Crippen molar-refractivity contribution in [2.75, 3.05) is 0 Å². The number of hydrogen-bond donors (Lipinski definition) is 2. The molecule has 0 rings (SSSR count). The minimum Gasteiger partial charge on any atom is -0.399 e. The van der Waals surface area contributed by atoms with Gasteiger partial charge in [-0.15, -0.1) is 0 Å². The third-order valence-electron chi connectivity index (χ3n) is 1.50. The summed E-state index contributed by atoms with van der Waals surface area (Å²) in [5.41, 5.74) is 4.31. The molecule has 0 saturated carbocycles. The number of nitro groups is 2. The van der Waals surface area contributed by atoms with Crippen LogP contribution >= 0.6 is 0 Å². The van der Waals surface area contributed by atoms with Crippen LogP contribution in [0.5, 0.6) is 0 Å². The maximum atomic E-state index is 10.3. The summed E-state index contributed by atoms with van der Waals surface area (Å²) < 4.78 is 0. The second-order valence-electron chi connectivity index (χ2n) is 2.59. The highest BCUT2D eigenvalue weighted by molar-refractivity contribution is 5.72. The second-order valence-corrected chi connectivity index (χ2v) is 2.59. The van der Waals surface area contributed by atoms with E-state index in [2.05, 4.69) is 0 Å². The Morgan fingerprint density at radius 1 is 1.06 bits per heavy atom. The highest BCUT2D eigenvalue weighted by Crippen LogP contribution is 1.96. The van der Waals surface area contributed by atoms with Crippen molar-refractivity contribution in [1.82, 2.24) is 0 Å². The molecular weight excluding hydrogens is 228 g/mol. The molecule has 0 aromatic carbocycles. The van der Waals surface area contributed by atoms with Crippen molar-refractivity contribution in [3.63, 3.8) is 0 Å². The average Bonchev–Trinajstić information content (AvgIpc) is 2.27. The summed E-state index contributed by atoms with van der Waals surface area (Å²) in [5.74, 6) is 0. The Labute approximate surface area is 96.2 Å². The molecule has 3 N–H and O–H groups in total. The van der Waals surface area contributed by atoms with Crippen LogP contribution in [0.25, 0.3) is 0 Å². The van der Waals surface area contributed by atoms with Crippen LogP contribution in [0.3, 0.4) is 0 Å². The predicted molar refractivity (Wildman–Crippen MR) is 61.4 cm³/mol. The Morgan fingerprint density at radius 2 is 1.65 bits per heavy atom. The van der Waals surface area contributed by atoms with Crippen LogP contribution in [0.15, 0.2) is 48.0 Å². The van der Waals surface area contributed by atoms with E-state index in [0.29, 0.717) is 6.21 Å². The maximum Gasteiger partial charge on any atom is 0.286 e. The SMILES string of the molecule is N=C/C(=C/C=C/C=C/C(=C/N)[N+](=O)[O-])[N+](=O)[O-]. The molecule has 0 amide bonds. The molecule has 8 heteroatoms. The summed E-state index contributed by atoms with van der Waals surface area (Å²) in [6.45, 7) is 0. The number of rotatable bonds is 6. The van der Waals surface area contributed by atoms with Crippen molar-refractivity contribution >= 4 is 6.21 Å². The smallest absolute Gasteiger partial charge is 0.286 e. The summed E-state index contributed by atoms with van der Waals surface area (Å²) in [4.78, 5) is 19.2. The summed E-state index contributed by atoms with van der Waals surface area (Å²) >= 11 is 0. The molecule has 0 unspecified atom stereocenters. The summed E-state index contributed by atoms with van der Waals surface area (Å²) in [6.07, 6.45) is 7.60. The van der Waals surface area contributed by atoms with Gasteiger partial charge >= 0.3 is 0 Å². The van der Waals surface area contributed by atoms with Crippen molar-refractivity contribution in [1.29, 1.82) is 5.41 Å². The molecule has 0 aromatic heterocycles. The molecule has 0 fully saturated rings. The molecular formula is C9H10N4O4. The highest BCUT2D eigenvalue weighted by atomic mass is 16.6. The standard InChI is InChI=1S/C9H10N4O4/c10-6-8(12(14)15)4-2-1-3-5-9(7-11)13(16)17/h1-7,10H,11H2/b2-1+,5-3+,8-4-,9-7-,10-6?. The van der Waals surface area contributed by atoms with Gasteiger partial charge in [0.05, 0.1) is 22.3 Å². The molecule has 0 atom stereocenters. The van der Waals surface area contributed by atoms with Gasteiger partial charge < -0.3 is 11.1 Å². The molecule has 0 aliphatic heterocycles. The Morgan fingerprint density at radius 3 is 2.06 bits per heavy atom. The normalized spacial score (nSPS) is 13.2. The lowest BCUT2D eigenvalue weighted by atomic mass is 10.3. The third kappa shape index (κ3) is 5.62. The summed E-state index contributed by atoms with van der Waals surface area (Å²) in [7, 11) is 0. The lowest BCUT2D eigenvalue weighted by Crippen LogP contribution is -1.98.